The first kappa shape index (κ1) is 23.6. The minimum absolute atomic E-state index is 0.0698. The van der Waals surface area contributed by atoms with Crippen molar-refractivity contribution in [3.63, 3.8) is 0 Å². The molecule has 2 N–H and O–H groups in total. The van der Waals surface area contributed by atoms with Gasteiger partial charge in [0.1, 0.15) is 5.84 Å². The molecule has 0 unspecified atom stereocenters. The van der Waals surface area contributed by atoms with Crippen LogP contribution < -0.4 is 5.73 Å². The second kappa shape index (κ2) is 11.0. The van der Waals surface area contributed by atoms with Crippen LogP contribution in [0.5, 0.6) is 0 Å². The molecule has 0 bridgehead atoms. The lowest BCUT2D eigenvalue weighted by Crippen LogP contribution is -2.34. The van der Waals surface area contributed by atoms with Crippen LogP contribution in [0.3, 0.4) is 0 Å². The lowest BCUT2D eigenvalue weighted by atomic mass is 10.0. The second-order valence-corrected chi connectivity index (χ2v) is 9.94. The third-order valence-electron chi connectivity index (χ3n) is 6.01. The van der Waals surface area contributed by atoms with Gasteiger partial charge in [-0.05, 0) is 73.0 Å². The number of carbonyl (C=O) groups is 1. The summed E-state index contributed by atoms with van der Waals surface area (Å²) >= 11 is 1.84. The van der Waals surface area contributed by atoms with E-state index in [1.165, 1.54) is 17.7 Å². The third kappa shape index (κ3) is 5.87. The molecule has 2 aliphatic heterocycles. The molecule has 5 nitrogen and oxygen atoms in total. The lowest BCUT2D eigenvalue weighted by molar-refractivity contribution is -0.127. The smallest absolute Gasteiger partial charge is 0.250 e. The fourth-order valence-corrected chi connectivity index (χ4v) is 5.48. The summed E-state index contributed by atoms with van der Waals surface area (Å²) in [6.07, 6.45) is 6.81. The number of amides is 1. The second-order valence-electron chi connectivity index (χ2n) is 8.77. The average Bonchev–Trinajstić information content (AvgIpc) is 3.25. The average molecular weight is 463 g/mol. The van der Waals surface area contributed by atoms with E-state index in [4.69, 9.17) is 5.73 Å². The van der Waals surface area contributed by atoms with Gasteiger partial charge in [0.2, 0.25) is 5.91 Å². The quantitative estimate of drug-likeness (QED) is 0.498. The Balaban J connectivity index is 1.61. The molecule has 0 aliphatic carbocycles. The molecular formula is C27H34N4OS. The monoisotopic (exact) mass is 462 g/mol. The van der Waals surface area contributed by atoms with E-state index in [0.717, 1.165) is 61.4 Å². The topological polar surface area (TPSA) is 61.9 Å². The zero-order valence-electron chi connectivity index (χ0n) is 19.7. The minimum atomic E-state index is 0.0698. The summed E-state index contributed by atoms with van der Waals surface area (Å²) in [4.78, 5) is 21.1. The number of amidine groups is 1. The van der Waals surface area contributed by atoms with Crippen molar-refractivity contribution in [3.05, 3.63) is 53.6 Å². The van der Waals surface area contributed by atoms with Gasteiger partial charge >= 0.3 is 0 Å². The van der Waals surface area contributed by atoms with Crippen molar-refractivity contribution in [1.29, 1.82) is 0 Å². The van der Waals surface area contributed by atoms with E-state index in [9.17, 15) is 4.79 Å². The van der Waals surface area contributed by atoms with Crippen molar-refractivity contribution >= 4 is 35.5 Å². The van der Waals surface area contributed by atoms with Crippen LogP contribution in [0.25, 0.3) is 17.2 Å². The molecule has 1 fully saturated rings. The normalized spacial score (nSPS) is 16.1. The maximum atomic E-state index is 13.2. The van der Waals surface area contributed by atoms with Gasteiger partial charge in [0, 0.05) is 48.6 Å². The Hall–Kier alpha value is -2.57. The van der Waals surface area contributed by atoms with Crippen molar-refractivity contribution in [3.8, 4) is 11.1 Å². The van der Waals surface area contributed by atoms with Gasteiger partial charge in [-0.3, -0.25) is 4.79 Å². The standard InChI is InChI=1S/C27H34N4OS/c1-3-12-30(13-4-2)27(32)23-16-22-11-10-21(18-25(22)29-26(28)19-23)20-8-7-9-24(17-20)33-31-14-5-6-15-31/h7-11,16-18H,3-6,12-15,19H2,1-2H3,(H2,28,29). The lowest BCUT2D eigenvalue weighted by Gasteiger charge is -2.22. The van der Waals surface area contributed by atoms with E-state index < -0.39 is 0 Å². The first-order valence-electron chi connectivity index (χ1n) is 12.1. The van der Waals surface area contributed by atoms with Crippen LogP contribution in [0.4, 0.5) is 5.69 Å². The molecule has 1 saturated heterocycles. The number of fused-ring (bicyclic) bond motifs is 1. The predicted octanol–water partition coefficient (Wildman–Crippen LogP) is 5.88. The molecular weight excluding hydrogens is 428 g/mol. The molecule has 0 radical (unpaired) electrons. The maximum absolute atomic E-state index is 13.2. The summed E-state index contributed by atoms with van der Waals surface area (Å²) in [6, 6.07) is 14.9. The Labute approximate surface area is 201 Å². The Kier molecular flexibility index (Phi) is 7.89. The summed E-state index contributed by atoms with van der Waals surface area (Å²) in [5, 5.41) is 0. The molecule has 1 amide bonds. The van der Waals surface area contributed by atoms with Gasteiger partial charge in [-0.1, -0.05) is 38.1 Å². The highest BCUT2D eigenvalue weighted by Crippen LogP contribution is 2.34. The molecule has 2 heterocycles. The van der Waals surface area contributed by atoms with Crippen LogP contribution in [-0.4, -0.2) is 47.1 Å². The Morgan fingerprint density at radius 2 is 1.79 bits per heavy atom. The van der Waals surface area contributed by atoms with E-state index in [1.54, 1.807) is 0 Å². The molecule has 0 saturated carbocycles. The van der Waals surface area contributed by atoms with E-state index in [1.807, 2.05) is 22.9 Å². The molecule has 2 aromatic carbocycles. The highest BCUT2D eigenvalue weighted by atomic mass is 32.2. The van der Waals surface area contributed by atoms with Crippen LogP contribution in [0.2, 0.25) is 0 Å². The van der Waals surface area contributed by atoms with Crippen LogP contribution in [0.1, 0.15) is 51.5 Å². The molecule has 2 aromatic rings. The Morgan fingerprint density at radius 1 is 1.06 bits per heavy atom. The largest absolute Gasteiger partial charge is 0.387 e. The fourth-order valence-electron chi connectivity index (χ4n) is 4.43. The van der Waals surface area contributed by atoms with Gasteiger partial charge in [-0.25, -0.2) is 9.30 Å². The van der Waals surface area contributed by atoms with Gasteiger partial charge in [0.25, 0.3) is 0 Å². The van der Waals surface area contributed by atoms with Crippen molar-refractivity contribution in [2.24, 2.45) is 10.7 Å². The molecule has 33 heavy (non-hydrogen) atoms. The molecule has 174 valence electrons. The van der Waals surface area contributed by atoms with Gasteiger partial charge in [0.15, 0.2) is 0 Å². The minimum Gasteiger partial charge on any atom is -0.387 e. The summed E-state index contributed by atoms with van der Waals surface area (Å²) in [7, 11) is 0. The maximum Gasteiger partial charge on any atom is 0.250 e. The van der Waals surface area contributed by atoms with Crippen molar-refractivity contribution < 1.29 is 4.79 Å². The Morgan fingerprint density at radius 3 is 2.52 bits per heavy atom. The highest BCUT2D eigenvalue weighted by molar-refractivity contribution is 7.97. The van der Waals surface area contributed by atoms with Gasteiger partial charge in [-0.15, -0.1) is 0 Å². The van der Waals surface area contributed by atoms with Crippen molar-refractivity contribution in [1.82, 2.24) is 9.21 Å². The number of nitrogens with zero attached hydrogens (tertiary/aromatic N) is 3. The fraction of sp³-hybridized carbons (Fsp3) is 0.407. The van der Waals surface area contributed by atoms with Gasteiger partial charge in [-0.2, -0.15) is 0 Å². The van der Waals surface area contributed by atoms with E-state index >= 15 is 0 Å². The predicted molar refractivity (Wildman–Crippen MR) is 140 cm³/mol. The molecule has 6 heteroatoms. The highest BCUT2D eigenvalue weighted by Gasteiger charge is 2.21. The van der Waals surface area contributed by atoms with Gasteiger partial charge < -0.3 is 10.6 Å². The molecule has 0 aromatic heterocycles. The number of carbonyl (C=O) groups excluding carboxylic acids is 1. The number of hydrogen-bond donors (Lipinski definition) is 1. The van der Waals surface area contributed by atoms with E-state index in [0.29, 0.717) is 17.8 Å². The van der Waals surface area contributed by atoms with Crippen molar-refractivity contribution in [2.45, 2.75) is 50.8 Å². The molecule has 2 aliphatic rings. The first-order valence-corrected chi connectivity index (χ1v) is 12.8. The third-order valence-corrected chi connectivity index (χ3v) is 7.10. The summed E-state index contributed by atoms with van der Waals surface area (Å²) < 4.78 is 2.44. The summed E-state index contributed by atoms with van der Waals surface area (Å²) in [5.74, 6) is 0.553. The number of aliphatic imine (C=N–C) groups is 1. The van der Waals surface area contributed by atoms with Crippen molar-refractivity contribution in [2.75, 3.05) is 26.2 Å². The number of rotatable bonds is 8. The van der Waals surface area contributed by atoms with Crippen LogP contribution in [0.15, 0.2) is 57.9 Å². The first-order chi connectivity index (χ1) is 16.1. The van der Waals surface area contributed by atoms with Crippen LogP contribution in [-0.2, 0) is 4.79 Å². The van der Waals surface area contributed by atoms with Crippen LogP contribution in [0, 0.1) is 0 Å². The van der Waals surface area contributed by atoms with Gasteiger partial charge in [0.05, 0.1) is 5.69 Å². The van der Waals surface area contributed by atoms with Crippen LogP contribution >= 0.6 is 11.9 Å². The molecule has 0 atom stereocenters. The summed E-state index contributed by atoms with van der Waals surface area (Å²) in [5.41, 5.74) is 11.0. The SMILES string of the molecule is CCCN(CCC)C(=O)C1=Cc2ccc(-c3cccc(SN4CCCC4)c3)cc2N=C(N)C1. The summed E-state index contributed by atoms with van der Waals surface area (Å²) in [6.45, 7) is 8.04. The molecule has 4 rings (SSSR count). The van der Waals surface area contributed by atoms with E-state index in [2.05, 4.69) is 65.6 Å². The Bertz CT molecular complexity index is 1050. The number of hydrogen-bond acceptors (Lipinski definition) is 5. The molecule has 0 spiro atoms. The number of nitrogens with two attached hydrogens (primary N) is 1. The number of benzene rings is 2. The zero-order valence-corrected chi connectivity index (χ0v) is 20.5. The van der Waals surface area contributed by atoms with E-state index in [-0.39, 0.29) is 5.91 Å². The zero-order chi connectivity index (χ0) is 23.2.